The molecule has 1 aliphatic rings. The third-order valence-corrected chi connectivity index (χ3v) is 8.64. The number of carbonyl (C=O) groups excluding carboxylic acids is 1. The number of nitrogens with zero attached hydrogens (tertiary/aromatic N) is 3. The van der Waals surface area contributed by atoms with Gasteiger partial charge in [0.05, 0.1) is 11.4 Å². The zero-order chi connectivity index (χ0) is 23.5. The van der Waals surface area contributed by atoms with Gasteiger partial charge in [0.15, 0.2) is 5.76 Å². The lowest BCUT2D eigenvalue weighted by atomic mass is 10.2. The first-order valence-corrected chi connectivity index (χ1v) is 12.8. The van der Waals surface area contributed by atoms with Gasteiger partial charge in [0.2, 0.25) is 20.0 Å². The number of amides is 1. The van der Waals surface area contributed by atoms with Crippen molar-refractivity contribution in [2.75, 3.05) is 32.7 Å². The van der Waals surface area contributed by atoms with Gasteiger partial charge in [-0.15, -0.1) is 6.42 Å². The largest absolute Gasteiger partial charge is 0.360 e. The predicted molar refractivity (Wildman–Crippen MR) is 116 cm³/mol. The highest BCUT2D eigenvalue weighted by molar-refractivity contribution is 7.89. The monoisotopic (exact) mass is 480 g/mol. The maximum Gasteiger partial charge on any atom is 0.253 e. The summed E-state index contributed by atoms with van der Waals surface area (Å²) < 4.78 is 58.9. The van der Waals surface area contributed by atoms with E-state index in [9.17, 15) is 21.6 Å². The molecule has 32 heavy (non-hydrogen) atoms. The van der Waals surface area contributed by atoms with Crippen LogP contribution in [0.3, 0.4) is 0 Å². The molecule has 1 N–H and O–H groups in total. The van der Waals surface area contributed by atoms with Crippen LogP contribution in [0, 0.1) is 26.2 Å². The normalized spacial score (nSPS) is 15.8. The summed E-state index contributed by atoms with van der Waals surface area (Å²) in [5.74, 6) is 2.12. The first kappa shape index (κ1) is 23.9. The van der Waals surface area contributed by atoms with Crippen molar-refractivity contribution in [3.8, 4) is 12.3 Å². The molecule has 0 aliphatic carbocycles. The minimum atomic E-state index is -3.80. The first-order chi connectivity index (χ1) is 15.1. The van der Waals surface area contributed by atoms with Gasteiger partial charge in [0.1, 0.15) is 10.6 Å². The number of aromatic nitrogens is 1. The SMILES string of the molecule is C#CCNS(=O)(=O)c1ccc(C(=O)N2CCCN(S(=O)(=O)c3c(C)noc3C)CC2)cc1. The maximum atomic E-state index is 13.0. The van der Waals surface area contributed by atoms with Gasteiger partial charge < -0.3 is 9.42 Å². The number of sulfonamides is 2. The third-order valence-electron chi connectivity index (χ3n) is 5.08. The summed E-state index contributed by atoms with van der Waals surface area (Å²) >= 11 is 0. The minimum absolute atomic E-state index is 0.00287. The fourth-order valence-corrected chi connectivity index (χ4v) is 6.18. The summed E-state index contributed by atoms with van der Waals surface area (Å²) in [4.78, 5) is 14.5. The second-order valence-corrected chi connectivity index (χ2v) is 10.9. The van der Waals surface area contributed by atoms with Crippen LogP contribution in [0.5, 0.6) is 0 Å². The number of carbonyl (C=O) groups is 1. The van der Waals surface area contributed by atoms with Crippen LogP contribution in [0.1, 0.15) is 28.2 Å². The average Bonchev–Trinajstić information content (AvgIpc) is 2.95. The molecule has 3 rings (SSSR count). The molecule has 1 aliphatic heterocycles. The number of nitrogens with one attached hydrogen (secondary N) is 1. The van der Waals surface area contributed by atoms with Crippen LogP contribution in [0.4, 0.5) is 0 Å². The number of benzene rings is 1. The topological polar surface area (TPSA) is 130 Å². The molecule has 1 saturated heterocycles. The smallest absolute Gasteiger partial charge is 0.253 e. The molecule has 1 aromatic heterocycles. The van der Waals surface area contributed by atoms with Gasteiger partial charge >= 0.3 is 0 Å². The van der Waals surface area contributed by atoms with E-state index in [1.165, 1.54) is 28.6 Å². The summed E-state index contributed by atoms with van der Waals surface area (Å²) in [5.41, 5.74) is 0.606. The molecule has 0 saturated carbocycles. The van der Waals surface area contributed by atoms with E-state index in [0.717, 1.165) is 0 Å². The molecule has 2 aromatic rings. The van der Waals surface area contributed by atoms with Gasteiger partial charge in [-0.25, -0.2) is 16.8 Å². The number of terminal acetylenes is 1. The predicted octanol–water partition coefficient (Wildman–Crippen LogP) is 0.740. The lowest BCUT2D eigenvalue weighted by Crippen LogP contribution is -2.37. The Morgan fingerprint density at radius 1 is 1.12 bits per heavy atom. The Morgan fingerprint density at radius 2 is 1.81 bits per heavy atom. The van der Waals surface area contributed by atoms with Crippen LogP contribution in [-0.2, 0) is 20.0 Å². The third kappa shape index (κ3) is 4.86. The van der Waals surface area contributed by atoms with Gasteiger partial charge in [-0.1, -0.05) is 11.1 Å². The summed E-state index contributed by atoms with van der Waals surface area (Å²) in [6, 6.07) is 5.52. The molecule has 10 nitrogen and oxygen atoms in total. The van der Waals surface area contributed by atoms with E-state index < -0.39 is 20.0 Å². The van der Waals surface area contributed by atoms with Crippen molar-refractivity contribution >= 4 is 26.0 Å². The molecule has 1 fully saturated rings. The van der Waals surface area contributed by atoms with Crippen molar-refractivity contribution in [2.45, 2.75) is 30.1 Å². The van der Waals surface area contributed by atoms with Gasteiger partial charge in [0, 0.05) is 31.7 Å². The van der Waals surface area contributed by atoms with Crippen molar-refractivity contribution in [1.82, 2.24) is 19.1 Å². The number of hydrogen-bond acceptors (Lipinski definition) is 7. The van der Waals surface area contributed by atoms with E-state index in [2.05, 4.69) is 15.8 Å². The average molecular weight is 481 g/mol. The Kier molecular flexibility index (Phi) is 7.04. The summed E-state index contributed by atoms with van der Waals surface area (Å²) in [5, 5.41) is 3.72. The minimum Gasteiger partial charge on any atom is -0.360 e. The molecule has 0 unspecified atom stereocenters. The molecule has 1 amide bonds. The fraction of sp³-hybridized carbons (Fsp3) is 0.400. The summed E-state index contributed by atoms with van der Waals surface area (Å²) in [6.07, 6.45) is 5.53. The van der Waals surface area contributed by atoms with Crippen LogP contribution in [0.2, 0.25) is 0 Å². The molecular formula is C20H24N4O6S2. The van der Waals surface area contributed by atoms with Crippen molar-refractivity contribution < 1.29 is 26.2 Å². The van der Waals surface area contributed by atoms with Crippen LogP contribution < -0.4 is 4.72 Å². The van der Waals surface area contributed by atoms with Crippen LogP contribution in [-0.4, -0.2) is 69.8 Å². The fourth-order valence-electron chi connectivity index (χ4n) is 3.49. The van der Waals surface area contributed by atoms with E-state index in [4.69, 9.17) is 10.9 Å². The van der Waals surface area contributed by atoms with Crippen LogP contribution in [0.15, 0.2) is 38.6 Å². The Bertz CT molecular complexity index is 1220. The highest BCUT2D eigenvalue weighted by atomic mass is 32.2. The number of hydrogen-bond donors (Lipinski definition) is 1. The van der Waals surface area contributed by atoms with E-state index in [0.29, 0.717) is 24.2 Å². The van der Waals surface area contributed by atoms with Crippen molar-refractivity contribution in [1.29, 1.82) is 0 Å². The molecule has 0 radical (unpaired) electrons. The van der Waals surface area contributed by atoms with Gasteiger partial charge in [-0.05, 0) is 44.5 Å². The molecule has 172 valence electrons. The van der Waals surface area contributed by atoms with E-state index in [1.807, 2.05) is 0 Å². The van der Waals surface area contributed by atoms with Crippen molar-refractivity contribution in [3.05, 3.63) is 41.3 Å². The van der Waals surface area contributed by atoms with E-state index in [-0.39, 0.29) is 47.6 Å². The zero-order valence-electron chi connectivity index (χ0n) is 17.7. The Morgan fingerprint density at radius 3 is 2.41 bits per heavy atom. The molecule has 12 heteroatoms. The van der Waals surface area contributed by atoms with Crippen molar-refractivity contribution in [3.63, 3.8) is 0 Å². The summed E-state index contributed by atoms with van der Waals surface area (Å²) in [7, 11) is -7.55. The second-order valence-electron chi connectivity index (χ2n) is 7.26. The Balaban J connectivity index is 1.72. The van der Waals surface area contributed by atoms with Crippen LogP contribution in [0.25, 0.3) is 0 Å². The molecule has 0 bridgehead atoms. The highest BCUT2D eigenvalue weighted by Crippen LogP contribution is 2.24. The van der Waals surface area contributed by atoms with Crippen LogP contribution >= 0.6 is 0 Å². The molecule has 1 aromatic carbocycles. The van der Waals surface area contributed by atoms with Gasteiger partial charge in [-0.3, -0.25) is 4.79 Å². The molecule has 2 heterocycles. The standard InChI is InChI=1S/C20H24N4O6S2/c1-4-10-21-31(26,27)18-8-6-17(7-9-18)20(25)23-11-5-12-24(14-13-23)32(28,29)19-15(2)22-30-16(19)3/h1,6-9,21H,5,10-14H2,2-3H3. The second kappa shape index (κ2) is 9.41. The lowest BCUT2D eigenvalue weighted by molar-refractivity contribution is 0.0764. The maximum absolute atomic E-state index is 13.0. The van der Waals surface area contributed by atoms with E-state index >= 15 is 0 Å². The molecule has 0 spiro atoms. The van der Waals surface area contributed by atoms with Gasteiger partial charge in [0.25, 0.3) is 5.91 Å². The quantitative estimate of drug-likeness (QED) is 0.604. The lowest BCUT2D eigenvalue weighted by Gasteiger charge is -2.22. The van der Waals surface area contributed by atoms with E-state index in [1.54, 1.807) is 18.7 Å². The Hall–Kier alpha value is -2.72. The molecular weight excluding hydrogens is 456 g/mol. The first-order valence-electron chi connectivity index (χ1n) is 9.83. The highest BCUT2D eigenvalue weighted by Gasteiger charge is 2.33. The molecule has 0 atom stereocenters. The zero-order valence-corrected chi connectivity index (χ0v) is 19.4. The Labute approximate surface area is 187 Å². The summed E-state index contributed by atoms with van der Waals surface area (Å²) in [6.45, 7) is 3.94. The van der Waals surface area contributed by atoms with Gasteiger partial charge in [-0.2, -0.15) is 9.03 Å². The number of rotatable bonds is 6. The van der Waals surface area contributed by atoms with Crippen molar-refractivity contribution in [2.24, 2.45) is 0 Å². The number of aryl methyl sites for hydroxylation is 2.